The van der Waals surface area contributed by atoms with Crippen LogP contribution in [0.3, 0.4) is 0 Å². The Labute approximate surface area is 59.2 Å². The SMILES string of the molecule is CN1CCNC[C@H]1C(F)F. The fourth-order valence-electron chi connectivity index (χ4n) is 1.11. The maximum Gasteiger partial charge on any atom is 0.255 e. The molecule has 1 fully saturated rings. The first-order valence-electron chi connectivity index (χ1n) is 3.41. The van der Waals surface area contributed by atoms with Crippen LogP contribution in [0.2, 0.25) is 0 Å². The molecule has 1 heterocycles. The van der Waals surface area contributed by atoms with Crippen LogP contribution in [-0.2, 0) is 0 Å². The Morgan fingerprint density at radius 1 is 1.60 bits per heavy atom. The highest BCUT2D eigenvalue weighted by atomic mass is 19.3. The second kappa shape index (κ2) is 3.25. The molecule has 0 aromatic carbocycles. The van der Waals surface area contributed by atoms with Crippen LogP contribution in [0.4, 0.5) is 8.78 Å². The normalized spacial score (nSPS) is 29.4. The quantitative estimate of drug-likeness (QED) is 0.572. The summed E-state index contributed by atoms with van der Waals surface area (Å²) in [5.74, 6) is 0. The number of nitrogens with one attached hydrogen (secondary N) is 1. The van der Waals surface area contributed by atoms with E-state index in [0.29, 0.717) is 6.54 Å². The summed E-state index contributed by atoms with van der Waals surface area (Å²) >= 11 is 0. The number of rotatable bonds is 1. The third-order valence-electron chi connectivity index (χ3n) is 1.85. The van der Waals surface area contributed by atoms with Gasteiger partial charge in [0.25, 0.3) is 6.43 Å². The molecule has 0 bridgehead atoms. The molecule has 0 aliphatic carbocycles. The van der Waals surface area contributed by atoms with Crippen molar-refractivity contribution >= 4 is 0 Å². The van der Waals surface area contributed by atoms with Crippen LogP contribution in [0.25, 0.3) is 0 Å². The van der Waals surface area contributed by atoms with Crippen molar-refractivity contribution in [2.45, 2.75) is 12.5 Å². The lowest BCUT2D eigenvalue weighted by atomic mass is 10.2. The van der Waals surface area contributed by atoms with E-state index in [1.165, 1.54) is 0 Å². The molecule has 1 atom stereocenters. The molecule has 2 nitrogen and oxygen atoms in total. The second-order valence-corrected chi connectivity index (χ2v) is 2.59. The maximum absolute atomic E-state index is 12.1. The minimum absolute atomic E-state index is 0.411. The minimum Gasteiger partial charge on any atom is -0.314 e. The average Bonchev–Trinajstić information content (AvgIpc) is 1.88. The van der Waals surface area contributed by atoms with E-state index < -0.39 is 12.5 Å². The summed E-state index contributed by atoms with van der Waals surface area (Å²) in [5.41, 5.74) is 0. The average molecular weight is 150 g/mol. The zero-order chi connectivity index (χ0) is 7.56. The van der Waals surface area contributed by atoms with E-state index in [2.05, 4.69) is 5.32 Å². The monoisotopic (exact) mass is 150 g/mol. The molecule has 60 valence electrons. The Balaban J connectivity index is 2.40. The van der Waals surface area contributed by atoms with Crippen LogP contribution in [0.5, 0.6) is 0 Å². The van der Waals surface area contributed by atoms with Gasteiger partial charge in [-0.25, -0.2) is 8.78 Å². The lowest BCUT2D eigenvalue weighted by Crippen LogP contribution is -2.52. The first kappa shape index (κ1) is 7.88. The summed E-state index contributed by atoms with van der Waals surface area (Å²) in [6, 6.07) is -0.589. The first-order chi connectivity index (χ1) is 4.72. The third kappa shape index (κ3) is 1.64. The molecule has 0 radical (unpaired) electrons. The Bertz CT molecular complexity index is 108. The molecule has 1 aliphatic rings. The molecule has 0 aromatic rings. The molecular formula is C6H12F2N2. The predicted molar refractivity (Wildman–Crippen MR) is 35.3 cm³/mol. The Hall–Kier alpha value is -0.220. The summed E-state index contributed by atoms with van der Waals surface area (Å²) in [6.45, 7) is 1.95. The maximum atomic E-state index is 12.1. The molecule has 1 saturated heterocycles. The van der Waals surface area contributed by atoms with E-state index in [9.17, 15) is 8.78 Å². The highest BCUT2D eigenvalue weighted by Gasteiger charge is 2.26. The van der Waals surface area contributed by atoms with Gasteiger partial charge in [0.1, 0.15) is 0 Å². The molecule has 0 aromatic heterocycles. The highest BCUT2D eigenvalue weighted by molar-refractivity contribution is 4.78. The molecule has 1 aliphatic heterocycles. The van der Waals surface area contributed by atoms with Crippen molar-refractivity contribution in [2.24, 2.45) is 0 Å². The molecule has 10 heavy (non-hydrogen) atoms. The highest BCUT2D eigenvalue weighted by Crippen LogP contribution is 2.08. The van der Waals surface area contributed by atoms with Gasteiger partial charge in [-0.1, -0.05) is 0 Å². The lowest BCUT2D eigenvalue weighted by Gasteiger charge is -2.32. The van der Waals surface area contributed by atoms with E-state index in [4.69, 9.17) is 0 Å². The lowest BCUT2D eigenvalue weighted by molar-refractivity contribution is 0.0260. The molecule has 1 rings (SSSR count). The van der Waals surface area contributed by atoms with E-state index in [1.807, 2.05) is 0 Å². The summed E-state index contributed by atoms with van der Waals surface area (Å²) in [5, 5.41) is 2.92. The molecule has 1 N–H and O–H groups in total. The van der Waals surface area contributed by atoms with Gasteiger partial charge in [0.2, 0.25) is 0 Å². The van der Waals surface area contributed by atoms with Crippen LogP contribution in [-0.4, -0.2) is 44.0 Å². The minimum atomic E-state index is -2.22. The van der Waals surface area contributed by atoms with Gasteiger partial charge in [-0.05, 0) is 7.05 Å². The van der Waals surface area contributed by atoms with Crippen LogP contribution in [0.15, 0.2) is 0 Å². The summed E-state index contributed by atoms with van der Waals surface area (Å²) in [7, 11) is 1.73. The summed E-state index contributed by atoms with van der Waals surface area (Å²) in [6.07, 6.45) is -2.22. The molecule has 0 saturated carbocycles. The fraction of sp³-hybridized carbons (Fsp3) is 1.00. The Morgan fingerprint density at radius 2 is 2.30 bits per heavy atom. The van der Waals surface area contributed by atoms with E-state index >= 15 is 0 Å². The van der Waals surface area contributed by atoms with E-state index in [-0.39, 0.29) is 0 Å². The van der Waals surface area contributed by atoms with Crippen LogP contribution in [0.1, 0.15) is 0 Å². The largest absolute Gasteiger partial charge is 0.314 e. The summed E-state index contributed by atoms with van der Waals surface area (Å²) < 4.78 is 24.2. The van der Waals surface area contributed by atoms with Crippen molar-refractivity contribution < 1.29 is 8.78 Å². The van der Waals surface area contributed by atoms with Gasteiger partial charge in [0.05, 0.1) is 6.04 Å². The number of likely N-dealkylation sites (N-methyl/N-ethyl adjacent to an activating group) is 1. The molecule has 4 heteroatoms. The topological polar surface area (TPSA) is 15.3 Å². The summed E-state index contributed by atoms with van der Waals surface area (Å²) in [4.78, 5) is 1.70. The number of piperazine rings is 1. The van der Waals surface area contributed by atoms with Gasteiger partial charge in [0, 0.05) is 19.6 Å². The van der Waals surface area contributed by atoms with Crippen molar-refractivity contribution in [1.29, 1.82) is 0 Å². The molecule has 0 unspecified atom stereocenters. The third-order valence-corrected chi connectivity index (χ3v) is 1.85. The van der Waals surface area contributed by atoms with Gasteiger partial charge < -0.3 is 5.32 Å². The van der Waals surface area contributed by atoms with Crippen molar-refractivity contribution in [1.82, 2.24) is 10.2 Å². The fourth-order valence-corrected chi connectivity index (χ4v) is 1.11. The number of hydrogen-bond acceptors (Lipinski definition) is 2. The van der Waals surface area contributed by atoms with Crippen molar-refractivity contribution in [3.05, 3.63) is 0 Å². The van der Waals surface area contributed by atoms with Crippen molar-refractivity contribution in [3.63, 3.8) is 0 Å². The van der Waals surface area contributed by atoms with Gasteiger partial charge in [0.15, 0.2) is 0 Å². The van der Waals surface area contributed by atoms with Crippen molar-refractivity contribution in [3.8, 4) is 0 Å². The van der Waals surface area contributed by atoms with E-state index in [1.54, 1.807) is 11.9 Å². The van der Waals surface area contributed by atoms with Gasteiger partial charge in [-0.2, -0.15) is 0 Å². The number of nitrogens with zero attached hydrogens (tertiary/aromatic N) is 1. The standard InChI is InChI=1S/C6H12F2N2/c1-10-3-2-9-4-5(10)6(7)8/h5-6,9H,2-4H2,1H3/t5-/m0/s1. The molecule has 0 spiro atoms. The second-order valence-electron chi connectivity index (χ2n) is 2.59. The van der Waals surface area contributed by atoms with Crippen LogP contribution >= 0.6 is 0 Å². The zero-order valence-electron chi connectivity index (χ0n) is 5.98. The Kier molecular flexibility index (Phi) is 2.56. The number of halogens is 2. The van der Waals surface area contributed by atoms with Gasteiger partial charge in [-0.15, -0.1) is 0 Å². The van der Waals surface area contributed by atoms with Gasteiger partial charge in [-0.3, -0.25) is 4.90 Å². The van der Waals surface area contributed by atoms with Crippen molar-refractivity contribution in [2.75, 3.05) is 26.7 Å². The first-order valence-corrected chi connectivity index (χ1v) is 3.41. The van der Waals surface area contributed by atoms with Crippen LogP contribution < -0.4 is 5.32 Å². The molecule has 0 amide bonds. The molecular weight excluding hydrogens is 138 g/mol. The predicted octanol–water partition coefficient (Wildman–Crippen LogP) is 0.155. The van der Waals surface area contributed by atoms with E-state index in [0.717, 1.165) is 13.1 Å². The van der Waals surface area contributed by atoms with Gasteiger partial charge >= 0.3 is 0 Å². The zero-order valence-corrected chi connectivity index (χ0v) is 5.98. The number of hydrogen-bond donors (Lipinski definition) is 1. The number of alkyl halides is 2. The smallest absolute Gasteiger partial charge is 0.255 e. The van der Waals surface area contributed by atoms with Crippen LogP contribution in [0, 0.1) is 0 Å². The Morgan fingerprint density at radius 3 is 2.70 bits per heavy atom.